The highest BCUT2D eigenvalue weighted by molar-refractivity contribution is 9.10. The van der Waals surface area contributed by atoms with Gasteiger partial charge >= 0.3 is 0 Å². The Hall–Kier alpha value is -1.30. The van der Waals surface area contributed by atoms with E-state index in [1.165, 1.54) is 12.1 Å². The lowest BCUT2D eigenvalue weighted by Crippen LogP contribution is -2.01. The number of halogens is 3. The molecule has 0 radical (unpaired) electrons. The number of hydrogen-bond donors (Lipinski definition) is 1. The minimum absolute atomic E-state index is 0.0464. The molecule has 20 heavy (non-hydrogen) atoms. The lowest BCUT2D eigenvalue weighted by Gasteiger charge is -2.10. The Bertz CT molecular complexity index is 665. The van der Waals surface area contributed by atoms with Crippen LogP contribution in [0.4, 0.5) is 11.4 Å². The molecule has 0 aliphatic rings. The quantitative estimate of drug-likeness (QED) is 0.584. The first-order valence-electron chi connectivity index (χ1n) is 5.59. The van der Waals surface area contributed by atoms with E-state index >= 15 is 0 Å². The van der Waals surface area contributed by atoms with Crippen LogP contribution >= 0.6 is 39.1 Å². The zero-order valence-corrected chi connectivity index (χ0v) is 13.2. The van der Waals surface area contributed by atoms with Crippen LogP contribution in [0.3, 0.4) is 0 Å². The van der Waals surface area contributed by atoms with Crippen molar-refractivity contribution >= 4 is 50.5 Å². The van der Waals surface area contributed by atoms with Crippen molar-refractivity contribution in [2.75, 3.05) is 5.32 Å². The standard InChI is InChI=1S/C13H9BrCl2N2O2/c14-11-6-10(18(19)20)3-1-8(11)7-17-13-4-2-9(15)5-12(13)16/h1-6,17H,7H2. The Balaban J connectivity index is 2.13. The summed E-state index contributed by atoms with van der Waals surface area (Å²) in [5.74, 6) is 0. The number of nitrogens with one attached hydrogen (secondary N) is 1. The molecule has 0 atom stereocenters. The molecule has 0 aromatic heterocycles. The maximum absolute atomic E-state index is 10.7. The Morgan fingerprint density at radius 3 is 2.55 bits per heavy atom. The number of nitrogens with zero attached hydrogens (tertiary/aromatic N) is 1. The van der Waals surface area contributed by atoms with Crippen LogP contribution in [-0.4, -0.2) is 4.92 Å². The molecule has 0 saturated heterocycles. The average molecular weight is 376 g/mol. The van der Waals surface area contributed by atoms with Gasteiger partial charge in [-0.05, 0) is 29.8 Å². The van der Waals surface area contributed by atoms with E-state index in [9.17, 15) is 10.1 Å². The summed E-state index contributed by atoms with van der Waals surface area (Å²) in [6.07, 6.45) is 0. The minimum atomic E-state index is -0.433. The van der Waals surface area contributed by atoms with Crippen molar-refractivity contribution in [1.82, 2.24) is 0 Å². The fourth-order valence-electron chi connectivity index (χ4n) is 1.62. The third-order valence-electron chi connectivity index (χ3n) is 2.65. The van der Waals surface area contributed by atoms with E-state index in [1.54, 1.807) is 24.3 Å². The molecule has 0 fully saturated rings. The van der Waals surface area contributed by atoms with E-state index in [1.807, 2.05) is 0 Å². The second kappa shape index (κ2) is 6.43. The molecule has 0 bridgehead atoms. The molecule has 1 N–H and O–H groups in total. The van der Waals surface area contributed by atoms with Crippen LogP contribution < -0.4 is 5.32 Å². The van der Waals surface area contributed by atoms with E-state index in [2.05, 4.69) is 21.2 Å². The van der Waals surface area contributed by atoms with E-state index in [0.29, 0.717) is 21.1 Å². The first-order valence-corrected chi connectivity index (χ1v) is 7.14. The van der Waals surface area contributed by atoms with Crippen LogP contribution in [0.15, 0.2) is 40.9 Å². The SMILES string of the molecule is O=[N+]([O-])c1ccc(CNc2ccc(Cl)cc2Cl)c(Br)c1. The van der Waals surface area contributed by atoms with E-state index in [0.717, 1.165) is 11.3 Å². The molecule has 104 valence electrons. The maximum atomic E-state index is 10.7. The lowest BCUT2D eigenvalue weighted by molar-refractivity contribution is -0.384. The molecule has 4 nitrogen and oxygen atoms in total. The Morgan fingerprint density at radius 1 is 1.20 bits per heavy atom. The van der Waals surface area contributed by atoms with Crippen LogP contribution in [0.25, 0.3) is 0 Å². The van der Waals surface area contributed by atoms with Crippen LogP contribution in [0, 0.1) is 10.1 Å². The van der Waals surface area contributed by atoms with Crippen molar-refractivity contribution in [1.29, 1.82) is 0 Å². The average Bonchev–Trinajstić information content (AvgIpc) is 2.38. The number of anilines is 1. The lowest BCUT2D eigenvalue weighted by atomic mass is 10.2. The van der Waals surface area contributed by atoms with Crippen molar-refractivity contribution < 1.29 is 4.92 Å². The summed E-state index contributed by atoms with van der Waals surface area (Å²) in [6, 6.07) is 9.80. The van der Waals surface area contributed by atoms with Gasteiger partial charge in [0.2, 0.25) is 0 Å². The van der Waals surface area contributed by atoms with Crippen LogP contribution in [0.5, 0.6) is 0 Å². The molecule has 0 aliphatic carbocycles. The highest BCUT2D eigenvalue weighted by Crippen LogP contribution is 2.27. The third kappa shape index (κ3) is 3.62. The molecule has 0 spiro atoms. The number of nitro groups is 1. The summed E-state index contributed by atoms with van der Waals surface area (Å²) in [4.78, 5) is 10.2. The predicted molar refractivity (Wildman–Crippen MR) is 84.6 cm³/mol. The molecular formula is C13H9BrCl2N2O2. The molecule has 7 heteroatoms. The summed E-state index contributed by atoms with van der Waals surface area (Å²) >= 11 is 15.2. The van der Waals surface area contributed by atoms with Crippen molar-refractivity contribution in [3.05, 3.63) is 66.6 Å². The molecule has 0 aliphatic heterocycles. The van der Waals surface area contributed by atoms with Crippen molar-refractivity contribution in [2.24, 2.45) is 0 Å². The second-order valence-electron chi connectivity index (χ2n) is 4.01. The summed E-state index contributed by atoms with van der Waals surface area (Å²) < 4.78 is 0.671. The van der Waals surface area contributed by atoms with Gasteiger partial charge in [-0.3, -0.25) is 10.1 Å². The van der Waals surface area contributed by atoms with Gasteiger partial charge in [-0.15, -0.1) is 0 Å². The highest BCUT2D eigenvalue weighted by Gasteiger charge is 2.09. The van der Waals surface area contributed by atoms with Gasteiger partial charge in [-0.25, -0.2) is 0 Å². The number of nitro benzene ring substituents is 1. The monoisotopic (exact) mass is 374 g/mol. The topological polar surface area (TPSA) is 55.2 Å². The molecule has 0 unspecified atom stereocenters. The summed E-state index contributed by atoms with van der Waals surface area (Å²) in [7, 11) is 0. The van der Waals surface area contributed by atoms with E-state index in [-0.39, 0.29) is 5.69 Å². The number of non-ortho nitro benzene ring substituents is 1. The molecule has 0 saturated carbocycles. The van der Waals surface area contributed by atoms with Crippen LogP contribution in [0.2, 0.25) is 10.0 Å². The predicted octanol–water partition coefficient (Wildman–Crippen LogP) is 5.28. The van der Waals surface area contributed by atoms with Gasteiger partial charge in [-0.1, -0.05) is 39.1 Å². The Kier molecular flexibility index (Phi) is 4.86. The van der Waals surface area contributed by atoms with Gasteiger partial charge in [0.05, 0.1) is 15.6 Å². The highest BCUT2D eigenvalue weighted by atomic mass is 79.9. The molecule has 2 rings (SSSR count). The molecule has 0 heterocycles. The number of rotatable bonds is 4. The van der Waals surface area contributed by atoms with Gasteiger partial charge in [-0.2, -0.15) is 0 Å². The van der Waals surface area contributed by atoms with Gasteiger partial charge in [0.15, 0.2) is 0 Å². The smallest absolute Gasteiger partial charge is 0.270 e. The fourth-order valence-corrected chi connectivity index (χ4v) is 2.60. The summed E-state index contributed by atoms with van der Waals surface area (Å²) in [5, 5.41) is 14.9. The van der Waals surface area contributed by atoms with Crippen molar-refractivity contribution in [3.63, 3.8) is 0 Å². The first kappa shape index (κ1) is 15.1. The second-order valence-corrected chi connectivity index (χ2v) is 5.71. The first-order chi connectivity index (χ1) is 9.47. The zero-order valence-electron chi connectivity index (χ0n) is 10.1. The molecule has 2 aromatic carbocycles. The van der Waals surface area contributed by atoms with Crippen molar-refractivity contribution in [2.45, 2.75) is 6.54 Å². The molecular weight excluding hydrogens is 367 g/mol. The number of benzene rings is 2. The molecule has 0 amide bonds. The summed E-state index contributed by atoms with van der Waals surface area (Å²) in [6.45, 7) is 0.486. The van der Waals surface area contributed by atoms with Gasteiger partial charge < -0.3 is 5.32 Å². The van der Waals surface area contributed by atoms with Gasteiger partial charge in [0.1, 0.15) is 0 Å². The van der Waals surface area contributed by atoms with Gasteiger partial charge in [0, 0.05) is 28.2 Å². The minimum Gasteiger partial charge on any atom is -0.380 e. The normalized spacial score (nSPS) is 10.3. The largest absolute Gasteiger partial charge is 0.380 e. The zero-order chi connectivity index (χ0) is 14.7. The number of hydrogen-bond acceptors (Lipinski definition) is 3. The fraction of sp³-hybridized carbons (Fsp3) is 0.0769. The third-order valence-corrected chi connectivity index (χ3v) is 3.93. The summed E-state index contributed by atoms with van der Waals surface area (Å²) in [5.41, 5.74) is 1.69. The van der Waals surface area contributed by atoms with Gasteiger partial charge in [0.25, 0.3) is 5.69 Å². The van der Waals surface area contributed by atoms with Crippen LogP contribution in [0.1, 0.15) is 5.56 Å². The van der Waals surface area contributed by atoms with Crippen LogP contribution in [-0.2, 0) is 6.54 Å². The Morgan fingerprint density at radius 2 is 1.95 bits per heavy atom. The molecule has 2 aromatic rings. The van der Waals surface area contributed by atoms with E-state index < -0.39 is 4.92 Å². The van der Waals surface area contributed by atoms with E-state index in [4.69, 9.17) is 23.2 Å². The Labute approximate surface area is 134 Å². The maximum Gasteiger partial charge on any atom is 0.270 e. The van der Waals surface area contributed by atoms with Crippen molar-refractivity contribution in [3.8, 4) is 0 Å².